The van der Waals surface area contributed by atoms with Gasteiger partial charge in [0.2, 0.25) is 5.88 Å². The molecule has 1 aliphatic rings. The Bertz CT molecular complexity index is 1530. The number of benzene rings is 4. The summed E-state index contributed by atoms with van der Waals surface area (Å²) in [5.74, 6) is -0.714. The van der Waals surface area contributed by atoms with E-state index in [1.165, 1.54) is 0 Å². The Balaban J connectivity index is 1.65. The molecule has 4 aromatic rings. The van der Waals surface area contributed by atoms with Crippen molar-refractivity contribution < 1.29 is 19.1 Å². The normalized spacial score (nSPS) is 15.0. The van der Waals surface area contributed by atoms with Crippen LogP contribution in [0, 0.1) is 0 Å². The first-order valence-electron chi connectivity index (χ1n) is 12.9. The Kier molecular flexibility index (Phi) is 6.77. The fraction of sp³-hybridized carbons (Fsp3) is 0.212. The van der Waals surface area contributed by atoms with Gasteiger partial charge in [-0.15, -0.1) is 0 Å². The fourth-order valence-electron chi connectivity index (χ4n) is 4.89. The highest BCUT2D eigenvalue weighted by atomic mass is 16.5. The molecule has 5 heteroatoms. The number of carbonyl (C=O) groups is 2. The zero-order valence-electron chi connectivity index (χ0n) is 22.1. The van der Waals surface area contributed by atoms with Crippen LogP contribution in [0.3, 0.4) is 0 Å². The van der Waals surface area contributed by atoms with Crippen molar-refractivity contribution in [2.24, 2.45) is 0 Å². The molecule has 0 saturated heterocycles. The number of hydrogen-bond donors (Lipinski definition) is 1. The highest BCUT2D eigenvalue weighted by Gasteiger charge is 2.38. The zero-order valence-corrected chi connectivity index (χ0v) is 22.1. The van der Waals surface area contributed by atoms with Crippen LogP contribution >= 0.6 is 0 Å². The van der Waals surface area contributed by atoms with Crippen molar-refractivity contribution in [3.05, 3.63) is 125 Å². The summed E-state index contributed by atoms with van der Waals surface area (Å²) in [4.78, 5) is 26.9. The molecule has 1 atom stereocenters. The van der Waals surface area contributed by atoms with Crippen molar-refractivity contribution >= 4 is 22.6 Å². The van der Waals surface area contributed by atoms with Gasteiger partial charge in [0.1, 0.15) is 11.3 Å². The Morgan fingerprint density at radius 2 is 1.55 bits per heavy atom. The first-order valence-corrected chi connectivity index (χ1v) is 12.9. The summed E-state index contributed by atoms with van der Waals surface area (Å²) in [6, 6.07) is 29.1. The molecule has 0 saturated carbocycles. The molecule has 38 heavy (non-hydrogen) atoms. The van der Waals surface area contributed by atoms with E-state index in [-0.39, 0.29) is 29.4 Å². The lowest BCUT2D eigenvalue weighted by Gasteiger charge is -2.31. The zero-order chi connectivity index (χ0) is 26.9. The van der Waals surface area contributed by atoms with Crippen LogP contribution < -0.4 is 10.1 Å². The van der Waals surface area contributed by atoms with E-state index in [0.717, 1.165) is 27.5 Å². The lowest BCUT2D eigenvalue weighted by atomic mass is 9.80. The molecule has 1 heterocycles. The maximum Gasteiger partial charge on any atom is 0.340 e. The van der Waals surface area contributed by atoms with Gasteiger partial charge < -0.3 is 9.47 Å². The van der Waals surface area contributed by atoms with E-state index in [1.54, 1.807) is 19.1 Å². The number of carbonyl (C=O) groups excluding carboxylic acids is 2. The highest BCUT2D eigenvalue weighted by molar-refractivity contribution is 6.00. The molecule has 5 nitrogen and oxygen atoms in total. The predicted octanol–water partition coefficient (Wildman–Crippen LogP) is 6.87. The quantitative estimate of drug-likeness (QED) is 0.301. The van der Waals surface area contributed by atoms with Gasteiger partial charge in [0.05, 0.1) is 12.5 Å². The van der Waals surface area contributed by atoms with E-state index in [9.17, 15) is 9.59 Å². The molecule has 1 N–H and O–H groups in total. The van der Waals surface area contributed by atoms with E-state index < -0.39 is 11.9 Å². The number of nitrogens with one attached hydrogen (secondary N) is 1. The maximum atomic E-state index is 13.5. The van der Waals surface area contributed by atoms with Crippen LogP contribution in [0.4, 0.5) is 0 Å². The summed E-state index contributed by atoms with van der Waals surface area (Å²) < 4.78 is 11.8. The number of esters is 1. The molecule has 0 spiro atoms. The minimum Gasteiger partial charge on any atom is -0.462 e. The number of rotatable bonds is 5. The number of ether oxygens (including phenoxy) is 2. The summed E-state index contributed by atoms with van der Waals surface area (Å²) in [5.41, 5.74) is 3.60. The Hall–Kier alpha value is -4.38. The molecule has 192 valence electrons. The third-order valence-corrected chi connectivity index (χ3v) is 6.83. The van der Waals surface area contributed by atoms with Crippen molar-refractivity contribution in [3.8, 4) is 5.75 Å². The Morgan fingerprint density at radius 3 is 2.24 bits per heavy atom. The largest absolute Gasteiger partial charge is 0.462 e. The molecule has 0 aliphatic carbocycles. The van der Waals surface area contributed by atoms with Gasteiger partial charge in [0, 0.05) is 11.1 Å². The van der Waals surface area contributed by atoms with Gasteiger partial charge in [-0.25, -0.2) is 4.79 Å². The third-order valence-electron chi connectivity index (χ3n) is 6.83. The summed E-state index contributed by atoms with van der Waals surface area (Å²) in [6.45, 7) is 8.33. The van der Waals surface area contributed by atoms with Gasteiger partial charge in [-0.2, -0.15) is 0 Å². The lowest BCUT2D eigenvalue weighted by molar-refractivity contribution is -0.139. The van der Waals surface area contributed by atoms with Crippen LogP contribution in [0.25, 0.3) is 10.8 Å². The molecule has 0 bridgehead atoms. The van der Waals surface area contributed by atoms with Crippen molar-refractivity contribution in [2.75, 3.05) is 6.61 Å². The Labute approximate surface area is 223 Å². The first-order chi connectivity index (χ1) is 18.3. The molecule has 1 unspecified atom stereocenters. The molecule has 0 fully saturated rings. The third kappa shape index (κ3) is 4.80. The van der Waals surface area contributed by atoms with E-state index in [0.29, 0.717) is 11.3 Å². The average Bonchev–Trinajstić information content (AvgIpc) is 2.92. The summed E-state index contributed by atoms with van der Waals surface area (Å²) in [5, 5.41) is 4.90. The smallest absolute Gasteiger partial charge is 0.340 e. The van der Waals surface area contributed by atoms with Crippen LogP contribution in [-0.4, -0.2) is 18.5 Å². The van der Waals surface area contributed by atoms with E-state index in [4.69, 9.17) is 9.47 Å². The Morgan fingerprint density at radius 1 is 0.868 bits per heavy atom. The van der Waals surface area contributed by atoms with Crippen LogP contribution in [0.2, 0.25) is 0 Å². The SMILES string of the molecule is CCOC(=O)C1=C(NC(=O)c2ccc(C(C)(C)C)cc2)Oc2ccc3ccccc3c2C1c1ccccc1. The predicted molar refractivity (Wildman–Crippen MR) is 149 cm³/mol. The van der Waals surface area contributed by atoms with Crippen molar-refractivity contribution in [3.63, 3.8) is 0 Å². The van der Waals surface area contributed by atoms with Crippen molar-refractivity contribution in [2.45, 2.75) is 39.0 Å². The first kappa shape index (κ1) is 25.3. The minimum absolute atomic E-state index is 0.0313. The average molecular weight is 506 g/mol. The molecule has 0 radical (unpaired) electrons. The lowest BCUT2D eigenvalue weighted by Crippen LogP contribution is -2.34. The minimum atomic E-state index is -0.529. The molecule has 5 rings (SSSR count). The van der Waals surface area contributed by atoms with E-state index in [2.05, 4.69) is 26.1 Å². The summed E-state index contributed by atoms with van der Waals surface area (Å²) >= 11 is 0. The second kappa shape index (κ2) is 10.2. The summed E-state index contributed by atoms with van der Waals surface area (Å²) in [6.07, 6.45) is 0. The number of hydrogen-bond acceptors (Lipinski definition) is 4. The van der Waals surface area contributed by atoms with E-state index in [1.807, 2.05) is 78.9 Å². The second-order valence-electron chi connectivity index (χ2n) is 10.4. The van der Waals surface area contributed by atoms with Crippen LogP contribution in [-0.2, 0) is 14.9 Å². The van der Waals surface area contributed by atoms with Gasteiger partial charge in [-0.05, 0) is 52.4 Å². The summed E-state index contributed by atoms with van der Waals surface area (Å²) in [7, 11) is 0. The van der Waals surface area contributed by atoms with Crippen molar-refractivity contribution in [1.82, 2.24) is 5.32 Å². The van der Waals surface area contributed by atoms with Crippen LogP contribution in [0.5, 0.6) is 5.75 Å². The molecule has 1 aliphatic heterocycles. The van der Waals surface area contributed by atoms with Crippen LogP contribution in [0.15, 0.2) is 102 Å². The maximum absolute atomic E-state index is 13.5. The van der Waals surface area contributed by atoms with Gasteiger partial charge in [-0.3, -0.25) is 10.1 Å². The van der Waals surface area contributed by atoms with Gasteiger partial charge in [0.25, 0.3) is 5.91 Å². The number of fused-ring (bicyclic) bond motifs is 3. The van der Waals surface area contributed by atoms with Gasteiger partial charge >= 0.3 is 5.97 Å². The molecule has 1 amide bonds. The second-order valence-corrected chi connectivity index (χ2v) is 10.4. The number of amides is 1. The molecule has 4 aromatic carbocycles. The highest BCUT2D eigenvalue weighted by Crippen LogP contribution is 2.46. The molecule has 0 aromatic heterocycles. The van der Waals surface area contributed by atoms with Gasteiger partial charge in [-0.1, -0.05) is 93.6 Å². The fourth-order valence-corrected chi connectivity index (χ4v) is 4.89. The van der Waals surface area contributed by atoms with E-state index >= 15 is 0 Å². The monoisotopic (exact) mass is 505 g/mol. The standard InChI is InChI=1S/C33H31NO4/c1-5-37-32(36)29-27(22-12-7-6-8-13-22)28-25-14-10-9-11-21(25)17-20-26(28)38-31(29)34-30(35)23-15-18-24(19-16-23)33(2,3)4/h6-20,27H,5H2,1-4H3,(H,34,35). The molecular formula is C33H31NO4. The topological polar surface area (TPSA) is 64.6 Å². The molecular weight excluding hydrogens is 474 g/mol. The van der Waals surface area contributed by atoms with Gasteiger partial charge in [0.15, 0.2) is 0 Å². The van der Waals surface area contributed by atoms with Crippen molar-refractivity contribution in [1.29, 1.82) is 0 Å². The van der Waals surface area contributed by atoms with Crippen LogP contribution in [0.1, 0.15) is 60.7 Å².